The van der Waals surface area contributed by atoms with Crippen molar-refractivity contribution in [3.05, 3.63) is 35.9 Å². The molecule has 120 valence electrons. The summed E-state index contributed by atoms with van der Waals surface area (Å²) in [5.74, 6) is 0. The quantitative estimate of drug-likeness (QED) is 0.909. The molecule has 1 aromatic rings. The first-order valence-corrected chi connectivity index (χ1v) is 8.98. The Morgan fingerprint density at radius 1 is 0.955 bits per heavy atom. The highest BCUT2D eigenvalue weighted by molar-refractivity contribution is 5.27. The summed E-state index contributed by atoms with van der Waals surface area (Å²) < 4.78 is 6.35. The van der Waals surface area contributed by atoms with E-state index in [2.05, 4.69) is 40.5 Å². The van der Waals surface area contributed by atoms with Gasteiger partial charge in [0.2, 0.25) is 0 Å². The molecule has 3 fully saturated rings. The number of nitrogens with one attached hydrogen (secondary N) is 1. The van der Waals surface area contributed by atoms with Gasteiger partial charge in [0.15, 0.2) is 0 Å². The van der Waals surface area contributed by atoms with Crippen molar-refractivity contribution in [3.63, 3.8) is 0 Å². The Morgan fingerprint density at radius 2 is 1.68 bits per heavy atom. The van der Waals surface area contributed by atoms with E-state index >= 15 is 0 Å². The molecule has 2 aliphatic heterocycles. The fourth-order valence-electron chi connectivity index (χ4n) is 4.99. The van der Waals surface area contributed by atoms with E-state index in [-0.39, 0.29) is 11.1 Å². The van der Waals surface area contributed by atoms with E-state index in [0.29, 0.717) is 0 Å². The normalized spacial score (nSPS) is 32.4. The van der Waals surface area contributed by atoms with Gasteiger partial charge in [-0.15, -0.1) is 0 Å². The minimum Gasteiger partial charge on any atom is -0.375 e. The smallest absolute Gasteiger partial charge is 0.0703 e. The van der Waals surface area contributed by atoms with Crippen LogP contribution in [0.4, 0.5) is 0 Å². The highest BCUT2D eigenvalue weighted by atomic mass is 16.5. The van der Waals surface area contributed by atoms with Crippen LogP contribution in [0.25, 0.3) is 0 Å². The summed E-state index contributed by atoms with van der Waals surface area (Å²) in [5.41, 5.74) is 1.84. The third kappa shape index (κ3) is 2.49. The lowest BCUT2D eigenvalue weighted by Crippen LogP contribution is -2.59. The predicted molar refractivity (Wildman–Crippen MR) is 88.9 cm³/mol. The van der Waals surface area contributed by atoms with Gasteiger partial charge in [-0.25, -0.2) is 0 Å². The molecule has 1 aromatic carbocycles. The number of hydrogen-bond acceptors (Lipinski definition) is 3. The van der Waals surface area contributed by atoms with Crippen molar-refractivity contribution in [2.24, 2.45) is 0 Å². The molecule has 1 aliphatic carbocycles. The van der Waals surface area contributed by atoms with Gasteiger partial charge >= 0.3 is 0 Å². The summed E-state index contributed by atoms with van der Waals surface area (Å²) in [6, 6.07) is 11.2. The minimum atomic E-state index is 0.152. The van der Waals surface area contributed by atoms with Crippen LogP contribution in [0.2, 0.25) is 0 Å². The standard InChI is InChI=1S/C19H28N2O/c1-2-6-17(7-3-1)19(21-13-11-20-12-14-21)10-15-22-18(16-19)8-4-5-9-18/h1-3,6-7,20H,4-5,8-16H2. The Hall–Kier alpha value is -0.900. The Morgan fingerprint density at radius 3 is 2.41 bits per heavy atom. The van der Waals surface area contributed by atoms with Crippen LogP contribution in [0.5, 0.6) is 0 Å². The van der Waals surface area contributed by atoms with Gasteiger partial charge < -0.3 is 10.1 Å². The van der Waals surface area contributed by atoms with Gasteiger partial charge in [0.25, 0.3) is 0 Å². The highest BCUT2D eigenvalue weighted by Gasteiger charge is 2.50. The second-order valence-electron chi connectivity index (χ2n) is 7.30. The maximum Gasteiger partial charge on any atom is 0.0703 e. The number of hydrogen-bond donors (Lipinski definition) is 1. The van der Waals surface area contributed by atoms with E-state index < -0.39 is 0 Å². The third-order valence-electron chi connectivity index (χ3n) is 6.09. The molecule has 1 spiro atoms. The van der Waals surface area contributed by atoms with Crippen LogP contribution >= 0.6 is 0 Å². The van der Waals surface area contributed by atoms with E-state index in [9.17, 15) is 0 Å². The molecule has 1 unspecified atom stereocenters. The zero-order chi connectivity index (χ0) is 14.9. The molecule has 3 heteroatoms. The summed E-state index contributed by atoms with van der Waals surface area (Å²) in [7, 11) is 0. The van der Waals surface area contributed by atoms with Crippen molar-refractivity contribution in [1.82, 2.24) is 10.2 Å². The van der Waals surface area contributed by atoms with Crippen LogP contribution in [0.3, 0.4) is 0 Å². The summed E-state index contributed by atoms with van der Waals surface area (Å²) >= 11 is 0. The van der Waals surface area contributed by atoms with E-state index in [0.717, 1.165) is 39.2 Å². The molecule has 2 heterocycles. The molecule has 1 atom stereocenters. The SMILES string of the molecule is c1ccc(C2(N3CCNCC3)CCOC3(CCCC3)C2)cc1. The molecule has 1 N–H and O–H groups in total. The monoisotopic (exact) mass is 300 g/mol. The van der Waals surface area contributed by atoms with Gasteiger partial charge in [-0.3, -0.25) is 4.90 Å². The van der Waals surface area contributed by atoms with E-state index in [1.165, 1.54) is 37.7 Å². The molecule has 0 radical (unpaired) electrons. The first-order valence-electron chi connectivity index (χ1n) is 8.98. The second kappa shape index (κ2) is 5.95. The van der Waals surface area contributed by atoms with Crippen molar-refractivity contribution < 1.29 is 4.74 Å². The highest BCUT2D eigenvalue weighted by Crippen LogP contribution is 2.50. The number of piperazine rings is 1. The maximum atomic E-state index is 6.35. The summed E-state index contributed by atoms with van der Waals surface area (Å²) in [4.78, 5) is 2.75. The van der Waals surface area contributed by atoms with Crippen LogP contribution in [-0.2, 0) is 10.3 Å². The van der Waals surface area contributed by atoms with Crippen LogP contribution in [-0.4, -0.2) is 43.3 Å². The third-order valence-corrected chi connectivity index (χ3v) is 6.09. The van der Waals surface area contributed by atoms with Crippen molar-refractivity contribution in [2.45, 2.75) is 49.7 Å². The summed E-state index contributed by atoms with van der Waals surface area (Å²) in [6.45, 7) is 5.46. The molecule has 2 saturated heterocycles. The average Bonchev–Trinajstić information content (AvgIpc) is 3.04. The molecule has 0 aromatic heterocycles. The van der Waals surface area contributed by atoms with Gasteiger partial charge in [-0.05, 0) is 31.2 Å². The lowest BCUT2D eigenvalue weighted by Gasteiger charge is -2.53. The van der Waals surface area contributed by atoms with Crippen LogP contribution in [0.1, 0.15) is 44.1 Å². The number of rotatable bonds is 2. The Balaban J connectivity index is 1.71. The van der Waals surface area contributed by atoms with Gasteiger partial charge in [0.05, 0.1) is 11.1 Å². The van der Waals surface area contributed by atoms with Crippen molar-refractivity contribution in [2.75, 3.05) is 32.8 Å². The second-order valence-corrected chi connectivity index (χ2v) is 7.30. The Labute approximate surface area is 134 Å². The first kappa shape index (κ1) is 14.7. The van der Waals surface area contributed by atoms with Crippen molar-refractivity contribution >= 4 is 0 Å². The lowest BCUT2D eigenvalue weighted by molar-refractivity contribution is -0.141. The van der Waals surface area contributed by atoms with Gasteiger partial charge in [-0.2, -0.15) is 0 Å². The molecule has 1 saturated carbocycles. The summed E-state index contributed by atoms with van der Waals surface area (Å²) in [6.07, 6.45) is 7.52. The Bertz CT molecular complexity index is 491. The van der Waals surface area contributed by atoms with Crippen molar-refractivity contribution in [1.29, 1.82) is 0 Å². The van der Waals surface area contributed by atoms with Crippen LogP contribution < -0.4 is 5.32 Å². The van der Waals surface area contributed by atoms with Gasteiger partial charge in [0, 0.05) is 32.8 Å². The van der Waals surface area contributed by atoms with Crippen molar-refractivity contribution in [3.8, 4) is 0 Å². The number of ether oxygens (including phenoxy) is 1. The Kier molecular flexibility index (Phi) is 3.97. The largest absolute Gasteiger partial charge is 0.375 e. The van der Waals surface area contributed by atoms with Crippen LogP contribution in [0, 0.1) is 0 Å². The minimum absolute atomic E-state index is 0.152. The average molecular weight is 300 g/mol. The van der Waals surface area contributed by atoms with E-state index in [1.54, 1.807) is 0 Å². The zero-order valence-electron chi connectivity index (χ0n) is 13.5. The molecule has 0 amide bonds. The summed E-state index contributed by atoms with van der Waals surface area (Å²) in [5, 5.41) is 3.51. The van der Waals surface area contributed by atoms with E-state index in [1.807, 2.05) is 0 Å². The van der Waals surface area contributed by atoms with Crippen LogP contribution in [0.15, 0.2) is 30.3 Å². The maximum absolute atomic E-state index is 6.35. The van der Waals surface area contributed by atoms with Gasteiger partial charge in [-0.1, -0.05) is 43.2 Å². The lowest BCUT2D eigenvalue weighted by atomic mass is 9.73. The molecule has 3 aliphatic rings. The molecule has 0 bridgehead atoms. The molecule has 4 rings (SSSR count). The molecule has 22 heavy (non-hydrogen) atoms. The topological polar surface area (TPSA) is 24.5 Å². The molecule has 3 nitrogen and oxygen atoms in total. The molecular formula is C19H28N2O. The molecular weight excluding hydrogens is 272 g/mol. The number of nitrogens with zero attached hydrogens (tertiary/aromatic N) is 1. The zero-order valence-corrected chi connectivity index (χ0v) is 13.5. The van der Waals surface area contributed by atoms with Gasteiger partial charge in [0.1, 0.15) is 0 Å². The number of benzene rings is 1. The fourth-order valence-corrected chi connectivity index (χ4v) is 4.99. The van der Waals surface area contributed by atoms with E-state index in [4.69, 9.17) is 4.74 Å². The first-order chi connectivity index (χ1) is 10.8. The predicted octanol–water partition coefficient (Wildman–Crippen LogP) is 2.91. The fraction of sp³-hybridized carbons (Fsp3) is 0.684.